The Balaban J connectivity index is 1.36. The molecule has 0 unspecified atom stereocenters. The van der Waals surface area contributed by atoms with Gasteiger partial charge < -0.3 is 19.6 Å². The summed E-state index contributed by atoms with van der Waals surface area (Å²) in [6, 6.07) is 10.2. The molecule has 1 spiro atoms. The molecule has 1 saturated carbocycles. The molecule has 2 heterocycles. The Kier molecular flexibility index (Phi) is 5.45. The van der Waals surface area contributed by atoms with Gasteiger partial charge in [0.05, 0.1) is 18.8 Å². The van der Waals surface area contributed by atoms with E-state index in [1.165, 1.54) is 0 Å². The van der Waals surface area contributed by atoms with Crippen molar-refractivity contribution < 1.29 is 9.84 Å². The van der Waals surface area contributed by atoms with Crippen LogP contribution in [0.5, 0.6) is 0 Å². The zero-order valence-electron chi connectivity index (χ0n) is 16.0. The highest BCUT2D eigenvalue weighted by Gasteiger charge is 2.56. The number of aliphatic hydroxyl groups is 1. The van der Waals surface area contributed by atoms with Crippen molar-refractivity contribution in [3.63, 3.8) is 0 Å². The lowest BCUT2D eigenvalue weighted by atomic mass is 9.58. The van der Waals surface area contributed by atoms with Crippen molar-refractivity contribution in [1.82, 2.24) is 15.1 Å². The molecule has 7 heteroatoms. The predicted molar refractivity (Wildman–Crippen MR) is 108 cm³/mol. The van der Waals surface area contributed by atoms with E-state index in [2.05, 4.69) is 46.2 Å². The first-order valence-electron chi connectivity index (χ1n) is 9.67. The van der Waals surface area contributed by atoms with Crippen LogP contribution in [0.25, 0.3) is 10.6 Å². The molecule has 2 fully saturated rings. The van der Waals surface area contributed by atoms with Crippen LogP contribution >= 0.6 is 11.3 Å². The van der Waals surface area contributed by atoms with Gasteiger partial charge in [-0.25, -0.2) is 0 Å². The van der Waals surface area contributed by atoms with Crippen molar-refractivity contribution in [2.45, 2.75) is 31.5 Å². The van der Waals surface area contributed by atoms with Crippen molar-refractivity contribution in [3.8, 4) is 10.6 Å². The van der Waals surface area contributed by atoms with Crippen molar-refractivity contribution >= 4 is 16.5 Å². The molecule has 1 aliphatic heterocycles. The van der Waals surface area contributed by atoms with Crippen LogP contribution in [-0.4, -0.2) is 72.7 Å². The number of piperidine rings is 1. The summed E-state index contributed by atoms with van der Waals surface area (Å²) < 4.78 is 6.11. The first-order valence-corrected chi connectivity index (χ1v) is 10.5. The molecule has 27 heavy (non-hydrogen) atoms. The second-order valence-electron chi connectivity index (χ2n) is 7.89. The van der Waals surface area contributed by atoms with Crippen LogP contribution in [0, 0.1) is 5.41 Å². The van der Waals surface area contributed by atoms with E-state index in [9.17, 15) is 5.11 Å². The molecule has 1 aromatic heterocycles. The maximum atomic E-state index is 10.5. The van der Waals surface area contributed by atoms with E-state index in [4.69, 9.17) is 4.74 Å². The number of hydrogen-bond acceptors (Lipinski definition) is 7. The largest absolute Gasteiger partial charge is 0.392 e. The third kappa shape index (κ3) is 3.74. The monoisotopic (exact) mass is 388 g/mol. The summed E-state index contributed by atoms with van der Waals surface area (Å²) in [5.41, 5.74) is 1.04. The standard InChI is InChI=1S/C20H28N4O2S/c1-23(2)12-13-26-17-14-16(25)20(17)8-10-24(11-9-20)19-22-21-18(27-19)15-6-4-3-5-7-15/h3-7,16-17,25H,8-14H2,1-2H3/t16-,17+/m0/s1. The Hall–Kier alpha value is -1.54. The van der Waals surface area contributed by atoms with Gasteiger partial charge in [-0.1, -0.05) is 41.7 Å². The Morgan fingerprint density at radius 1 is 1.22 bits per heavy atom. The van der Waals surface area contributed by atoms with Gasteiger partial charge in [0.2, 0.25) is 5.13 Å². The molecular formula is C20H28N4O2S. The van der Waals surface area contributed by atoms with E-state index < -0.39 is 0 Å². The summed E-state index contributed by atoms with van der Waals surface area (Å²) in [5, 5.41) is 21.2. The van der Waals surface area contributed by atoms with E-state index in [-0.39, 0.29) is 17.6 Å². The molecule has 0 radical (unpaired) electrons. The average molecular weight is 389 g/mol. The fraction of sp³-hybridized carbons (Fsp3) is 0.600. The molecule has 1 saturated heterocycles. The molecule has 2 aromatic rings. The summed E-state index contributed by atoms with van der Waals surface area (Å²) in [5.74, 6) is 0. The van der Waals surface area contributed by atoms with Crippen molar-refractivity contribution in [1.29, 1.82) is 0 Å². The van der Waals surface area contributed by atoms with E-state index in [0.29, 0.717) is 0 Å². The third-order valence-electron chi connectivity index (χ3n) is 6.00. The number of hydrogen-bond donors (Lipinski definition) is 1. The van der Waals surface area contributed by atoms with Crippen LogP contribution in [0.2, 0.25) is 0 Å². The minimum Gasteiger partial charge on any atom is -0.392 e. The van der Waals surface area contributed by atoms with Crippen molar-refractivity contribution in [3.05, 3.63) is 30.3 Å². The number of rotatable bonds is 6. The van der Waals surface area contributed by atoms with Gasteiger partial charge in [-0.15, -0.1) is 10.2 Å². The minimum absolute atomic E-state index is 0.0736. The molecule has 4 rings (SSSR count). The molecule has 146 valence electrons. The molecule has 2 aliphatic rings. The van der Waals surface area contributed by atoms with Crippen LogP contribution in [0.4, 0.5) is 5.13 Å². The Bertz CT molecular complexity index is 743. The van der Waals surface area contributed by atoms with E-state index >= 15 is 0 Å². The highest BCUT2D eigenvalue weighted by Crippen LogP contribution is 2.51. The van der Waals surface area contributed by atoms with Gasteiger partial charge in [0, 0.05) is 37.0 Å². The summed E-state index contributed by atoms with van der Waals surface area (Å²) >= 11 is 1.64. The van der Waals surface area contributed by atoms with Crippen molar-refractivity contribution in [2.75, 3.05) is 45.2 Å². The fourth-order valence-electron chi connectivity index (χ4n) is 4.15. The molecular weight excluding hydrogens is 360 g/mol. The second-order valence-corrected chi connectivity index (χ2v) is 8.85. The van der Waals surface area contributed by atoms with Crippen LogP contribution in [0.15, 0.2) is 30.3 Å². The van der Waals surface area contributed by atoms with Crippen LogP contribution in [0.1, 0.15) is 19.3 Å². The Morgan fingerprint density at radius 2 is 1.96 bits per heavy atom. The van der Waals surface area contributed by atoms with Gasteiger partial charge in [-0.2, -0.15) is 0 Å². The summed E-state index contributed by atoms with van der Waals surface area (Å²) in [6.07, 6.45) is 2.61. The molecule has 2 atom stereocenters. The number of anilines is 1. The Labute approximate surface area is 164 Å². The summed E-state index contributed by atoms with van der Waals surface area (Å²) in [7, 11) is 4.11. The van der Waals surface area contributed by atoms with Gasteiger partial charge in [-0.3, -0.25) is 0 Å². The first kappa shape index (κ1) is 18.8. The van der Waals surface area contributed by atoms with Gasteiger partial charge in [0.1, 0.15) is 5.01 Å². The average Bonchev–Trinajstić information content (AvgIpc) is 3.18. The highest BCUT2D eigenvalue weighted by molar-refractivity contribution is 7.18. The van der Waals surface area contributed by atoms with Crippen LogP contribution in [0.3, 0.4) is 0 Å². The number of ether oxygens (including phenoxy) is 1. The lowest BCUT2D eigenvalue weighted by molar-refractivity contribution is -0.202. The van der Waals surface area contributed by atoms with E-state index in [1.54, 1.807) is 11.3 Å². The maximum Gasteiger partial charge on any atom is 0.208 e. The SMILES string of the molecule is CN(C)CCO[C@@H]1C[C@H](O)C12CCN(c1nnc(-c3ccccc3)s1)CC2. The lowest BCUT2D eigenvalue weighted by Crippen LogP contribution is -2.62. The normalized spacial score (nSPS) is 24.4. The molecule has 6 nitrogen and oxygen atoms in total. The number of likely N-dealkylation sites (N-methyl/N-ethyl adjacent to an activating group) is 1. The summed E-state index contributed by atoms with van der Waals surface area (Å²) in [6.45, 7) is 3.44. The Morgan fingerprint density at radius 3 is 2.63 bits per heavy atom. The van der Waals surface area contributed by atoms with E-state index in [1.807, 2.05) is 18.2 Å². The zero-order valence-corrected chi connectivity index (χ0v) is 16.9. The quantitative estimate of drug-likeness (QED) is 0.820. The molecule has 1 aliphatic carbocycles. The number of aliphatic hydroxyl groups excluding tert-OH is 1. The third-order valence-corrected chi connectivity index (χ3v) is 7.03. The van der Waals surface area contributed by atoms with E-state index in [0.717, 1.165) is 61.2 Å². The topological polar surface area (TPSA) is 61.7 Å². The number of aromatic nitrogens is 2. The van der Waals surface area contributed by atoms with Gasteiger partial charge in [0.15, 0.2) is 0 Å². The van der Waals surface area contributed by atoms with Crippen molar-refractivity contribution in [2.24, 2.45) is 5.41 Å². The number of nitrogens with zero attached hydrogens (tertiary/aromatic N) is 4. The molecule has 1 N–H and O–H groups in total. The van der Waals surface area contributed by atoms with Gasteiger partial charge >= 0.3 is 0 Å². The zero-order chi connectivity index (χ0) is 18.9. The fourth-order valence-corrected chi connectivity index (χ4v) is 5.05. The van der Waals surface area contributed by atoms with Gasteiger partial charge in [0.25, 0.3) is 0 Å². The smallest absolute Gasteiger partial charge is 0.208 e. The predicted octanol–water partition coefficient (Wildman–Crippen LogP) is 2.50. The maximum absolute atomic E-state index is 10.5. The summed E-state index contributed by atoms with van der Waals surface area (Å²) in [4.78, 5) is 4.43. The van der Waals surface area contributed by atoms with Gasteiger partial charge in [-0.05, 0) is 26.9 Å². The first-order chi connectivity index (χ1) is 13.1. The lowest BCUT2D eigenvalue weighted by Gasteiger charge is -2.56. The van der Waals surface area contributed by atoms with Crippen LogP contribution in [-0.2, 0) is 4.74 Å². The second kappa shape index (κ2) is 7.83. The molecule has 1 aromatic carbocycles. The molecule has 0 amide bonds. The minimum atomic E-state index is -0.238. The number of benzene rings is 1. The highest BCUT2D eigenvalue weighted by atomic mass is 32.1. The van der Waals surface area contributed by atoms with Crippen LogP contribution < -0.4 is 4.90 Å². The molecule has 0 bridgehead atoms.